The SMILES string of the molecule is CCCCCCCC(=O)c1ccccc1Br. The molecule has 1 aromatic carbocycles. The molecule has 0 saturated carbocycles. The van der Waals surface area contributed by atoms with Crippen molar-refractivity contribution in [2.24, 2.45) is 0 Å². The van der Waals surface area contributed by atoms with Crippen molar-refractivity contribution in [2.45, 2.75) is 45.4 Å². The average molecular weight is 283 g/mol. The Bertz CT molecular complexity index is 333. The Hall–Kier alpha value is -0.630. The van der Waals surface area contributed by atoms with E-state index in [1.54, 1.807) is 0 Å². The second-order valence-corrected chi connectivity index (χ2v) is 4.92. The van der Waals surface area contributed by atoms with Crippen LogP contribution in [0, 0.1) is 0 Å². The molecule has 0 N–H and O–H groups in total. The Labute approximate surface area is 106 Å². The van der Waals surface area contributed by atoms with Crippen LogP contribution in [0.4, 0.5) is 0 Å². The molecule has 0 spiro atoms. The normalized spacial score (nSPS) is 10.4. The molecular weight excluding hydrogens is 264 g/mol. The van der Waals surface area contributed by atoms with Gasteiger partial charge in [0.05, 0.1) is 0 Å². The summed E-state index contributed by atoms with van der Waals surface area (Å²) >= 11 is 3.41. The molecule has 0 radical (unpaired) electrons. The third-order valence-electron chi connectivity index (χ3n) is 2.68. The Balaban J connectivity index is 2.33. The molecule has 1 nitrogen and oxygen atoms in total. The van der Waals surface area contributed by atoms with Crippen LogP contribution < -0.4 is 0 Å². The van der Waals surface area contributed by atoms with Gasteiger partial charge in [-0.15, -0.1) is 0 Å². The predicted molar refractivity (Wildman–Crippen MR) is 71.8 cm³/mol. The van der Waals surface area contributed by atoms with E-state index >= 15 is 0 Å². The van der Waals surface area contributed by atoms with Gasteiger partial charge in [-0.25, -0.2) is 0 Å². The number of rotatable bonds is 7. The molecule has 0 fully saturated rings. The monoisotopic (exact) mass is 282 g/mol. The van der Waals surface area contributed by atoms with Crippen LogP contribution in [-0.4, -0.2) is 5.78 Å². The molecular formula is C14H19BrO. The van der Waals surface area contributed by atoms with Crippen molar-refractivity contribution in [3.63, 3.8) is 0 Å². The molecule has 88 valence electrons. The number of carbonyl (C=O) groups excluding carboxylic acids is 1. The Kier molecular flexibility index (Phi) is 6.39. The van der Waals surface area contributed by atoms with Gasteiger partial charge in [0.1, 0.15) is 0 Å². The van der Waals surface area contributed by atoms with Gasteiger partial charge in [0.15, 0.2) is 5.78 Å². The summed E-state index contributed by atoms with van der Waals surface area (Å²) in [5, 5.41) is 0. The van der Waals surface area contributed by atoms with Crippen molar-refractivity contribution in [3.8, 4) is 0 Å². The zero-order valence-electron chi connectivity index (χ0n) is 9.84. The van der Waals surface area contributed by atoms with Crippen LogP contribution in [0.15, 0.2) is 28.7 Å². The predicted octanol–water partition coefficient (Wildman–Crippen LogP) is 4.99. The lowest BCUT2D eigenvalue weighted by atomic mass is 10.0. The van der Waals surface area contributed by atoms with Gasteiger partial charge in [-0.2, -0.15) is 0 Å². The molecule has 1 rings (SSSR count). The van der Waals surface area contributed by atoms with E-state index in [4.69, 9.17) is 0 Å². The summed E-state index contributed by atoms with van der Waals surface area (Å²) < 4.78 is 0.911. The standard InChI is InChI=1S/C14H19BrO/c1-2-3-4-5-6-11-14(16)12-9-7-8-10-13(12)15/h7-10H,2-6,11H2,1H3. The Morgan fingerprint density at radius 1 is 1.12 bits per heavy atom. The Morgan fingerprint density at radius 3 is 2.50 bits per heavy atom. The van der Waals surface area contributed by atoms with E-state index in [1.165, 1.54) is 25.7 Å². The molecule has 0 atom stereocenters. The molecule has 0 unspecified atom stereocenters. The fraction of sp³-hybridized carbons (Fsp3) is 0.500. The van der Waals surface area contributed by atoms with E-state index in [0.29, 0.717) is 6.42 Å². The van der Waals surface area contributed by atoms with Crippen molar-refractivity contribution in [1.29, 1.82) is 0 Å². The summed E-state index contributed by atoms with van der Waals surface area (Å²) in [5.41, 5.74) is 0.818. The molecule has 0 saturated heterocycles. The summed E-state index contributed by atoms with van der Waals surface area (Å²) in [4.78, 5) is 11.9. The van der Waals surface area contributed by atoms with Crippen molar-refractivity contribution >= 4 is 21.7 Å². The average Bonchev–Trinajstić information content (AvgIpc) is 2.29. The smallest absolute Gasteiger partial charge is 0.164 e. The first-order chi connectivity index (χ1) is 7.75. The van der Waals surface area contributed by atoms with Crippen molar-refractivity contribution in [1.82, 2.24) is 0 Å². The maximum Gasteiger partial charge on any atom is 0.164 e. The third-order valence-corrected chi connectivity index (χ3v) is 3.37. The Morgan fingerprint density at radius 2 is 1.81 bits per heavy atom. The van der Waals surface area contributed by atoms with Crippen molar-refractivity contribution < 1.29 is 4.79 Å². The summed E-state index contributed by atoms with van der Waals surface area (Å²) in [7, 11) is 0. The molecule has 1 aromatic rings. The van der Waals surface area contributed by atoms with Gasteiger partial charge in [0, 0.05) is 16.5 Å². The molecule has 0 aliphatic rings. The minimum atomic E-state index is 0.254. The first kappa shape index (κ1) is 13.4. The molecule has 0 aliphatic carbocycles. The van der Waals surface area contributed by atoms with E-state index in [-0.39, 0.29) is 5.78 Å². The van der Waals surface area contributed by atoms with E-state index < -0.39 is 0 Å². The number of benzene rings is 1. The fourth-order valence-electron chi connectivity index (χ4n) is 1.71. The third kappa shape index (κ3) is 4.48. The lowest BCUT2D eigenvalue weighted by Crippen LogP contribution is -1.99. The minimum absolute atomic E-state index is 0.254. The number of hydrogen-bond donors (Lipinski definition) is 0. The second kappa shape index (κ2) is 7.61. The number of Topliss-reactive ketones (excluding diaryl/α,β-unsaturated/α-hetero) is 1. The van der Waals surface area contributed by atoms with Crippen LogP contribution in [0.1, 0.15) is 55.8 Å². The number of ketones is 1. The van der Waals surface area contributed by atoms with Crippen LogP contribution in [-0.2, 0) is 0 Å². The highest BCUT2D eigenvalue weighted by atomic mass is 79.9. The first-order valence-corrected chi connectivity index (χ1v) is 6.82. The zero-order chi connectivity index (χ0) is 11.8. The summed E-state index contributed by atoms with van der Waals surface area (Å²) in [6, 6.07) is 7.65. The van der Waals surface area contributed by atoms with E-state index in [1.807, 2.05) is 24.3 Å². The van der Waals surface area contributed by atoms with Gasteiger partial charge >= 0.3 is 0 Å². The highest BCUT2D eigenvalue weighted by molar-refractivity contribution is 9.10. The fourth-order valence-corrected chi connectivity index (χ4v) is 2.22. The lowest BCUT2D eigenvalue weighted by Gasteiger charge is -2.03. The highest BCUT2D eigenvalue weighted by Crippen LogP contribution is 2.18. The molecule has 16 heavy (non-hydrogen) atoms. The van der Waals surface area contributed by atoms with Gasteiger partial charge in [-0.05, 0) is 12.5 Å². The summed E-state index contributed by atoms with van der Waals surface area (Å²) in [5.74, 6) is 0.254. The number of carbonyl (C=O) groups is 1. The topological polar surface area (TPSA) is 17.1 Å². The quantitative estimate of drug-likeness (QED) is 0.509. The molecule has 0 aliphatic heterocycles. The van der Waals surface area contributed by atoms with E-state index in [0.717, 1.165) is 16.5 Å². The van der Waals surface area contributed by atoms with Crippen LogP contribution in [0.2, 0.25) is 0 Å². The maximum absolute atomic E-state index is 11.9. The maximum atomic E-state index is 11.9. The van der Waals surface area contributed by atoms with Crippen LogP contribution >= 0.6 is 15.9 Å². The molecule has 0 heterocycles. The van der Waals surface area contributed by atoms with Crippen LogP contribution in [0.5, 0.6) is 0 Å². The van der Waals surface area contributed by atoms with Crippen LogP contribution in [0.3, 0.4) is 0 Å². The van der Waals surface area contributed by atoms with Gasteiger partial charge in [0.2, 0.25) is 0 Å². The zero-order valence-corrected chi connectivity index (χ0v) is 11.4. The van der Waals surface area contributed by atoms with Gasteiger partial charge in [-0.1, -0.05) is 66.7 Å². The summed E-state index contributed by atoms with van der Waals surface area (Å²) in [6.45, 7) is 2.20. The molecule has 2 heteroatoms. The minimum Gasteiger partial charge on any atom is -0.294 e. The van der Waals surface area contributed by atoms with Crippen LogP contribution in [0.25, 0.3) is 0 Å². The second-order valence-electron chi connectivity index (χ2n) is 4.07. The molecule has 0 bridgehead atoms. The summed E-state index contributed by atoms with van der Waals surface area (Å²) in [6.07, 6.45) is 6.64. The largest absolute Gasteiger partial charge is 0.294 e. The number of halogens is 1. The highest BCUT2D eigenvalue weighted by Gasteiger charge is 2.08. The molecule has 0 aromatic heterocycles. The first-order valence-electron chi connectivity index (χ1n) is 6.03. The lowest BCUT2D eigenvalue weighted by molar-refractivity contribution is 0.0978. The van der Waals surface area contributed by atoms with E-state index in [2.05, 4.69) is 22.9 Å². The van der Waals surface area contributed by atoms with Gasteiger partial charge in [0.25, 0.3) is 0 Å². The van der Waals surface area contributed by atoms with E-state index in [9.17, 15) is 4.79 Å². The molecule has 0 amide bonds. The number of unbranched alkanes of at least 4 members (excludes halogenated alkanes) is 4. The van der Waals surface area contributed by atoms with Gasteiger partial charge < -0.3 is 0 Å². The van der Waals surface area contributed by atoms with Crippen molar-refractivity contribution in [2.75, 3.05) is 0 Å². The van der Waals surface area contributed by atoms with Gasteiger partial charge in [-0.3, -0.25) is 4.79 Å². The van der Waals surface area contributed by atoms with Crippen molar-refractivity contribution in [3.05, 3.63) is 34.3 Å². The number of hydrogen-bond acceptors (Lipinski definition) is 1.